The number of para-hydroxylation sites is 1. The molecule has 2 heteroatoms. The van der Waals surface area contributed by atoms with E-state index in [1.807, 2.05) is 6.07 Å². The van der Waals surface area contributed by atoms with Gasteiger partial charge in [-0.15, -0.1) is 0 Å². The Balaban J connectivity index is 1.32. The van der Waals surface area contributed by atoms with Crippen LogP contribution in [-0.4, -0.2) is 19.7 Å². The summed E-state index contributed by atoms with van der Waals surface area (Å²) in [5.41, 5.74) is 1.33. The minimum atomic E-state index is 0.795. The highest BCUT2D eigenvalue weighted by molar-refractivity contribution is 5.33. The Bertz CT molecular complexity index is 500. The highest BCUT2D eigenvalue weighted by Crippen LogP contribution is 2.58. The van der Waals surface area contributed by atoms with E-state index in [0.29, 0.717) is 0 Å². The molecule has 4 rings (SSSR count). The van der Waals surface area contributed by atoms with Gasteiger partial charge >= 0.3 is 0 Å². The lowest BCUT2D eigenvalue weighted by Gasteiger charge is -2.32. The smallest absolute Gasteiger partial charge is 0.122 e. The van der Waals surface area contributed by atoms with Gasteiger partial charge in [0.25, 0.3) is 0 Å². The van der Waals surface area contributed by atoms with E-state index in [2.05, 4.69) is 23.5 Å². The molecule has 0 aliphatic heterocycles. The first-order valence-electron chi connectivity index (χ1n) is 8.72. The van der Waals surface area contributed by atoms with Crippen molar-refractivity contribution < 1.29 is 4.74 Å². The second-order valence-corrected chi connectivity index (χ2v) is 7.28. The van der Waals surface area contributed by atoms with Crippen molar-refractivity contribution in [2.75, 3.05) is 13.7 Å². The zero-order valence-electron chi connectivity index (χ0n) is 13.1. The van der Waals surface area contributed by atoms with Crippen LogP contribution in [0.25, 0.3) is 0 Å². The molecule has 2 bridgehead atoms. The Morgan fingerprint density at radius 2 is 1.95 bits per heavy atom. The van der Waals surface area contributed by atoms with E-state index in [1.54, 1.807) is 7.11 Å². The quantitative estimate of drug-likeness (QED) is 0.891. The first-order valence-corrected chi connectivity index (χ1v) is 8.72. The van der Waals surface area contributed by atoms with Crippen LogP contribution in [0.2, 0.25) is 0 Å². The predicted octanol–water partition coefficient (Wildman–Crippen LogP) is 3.65. The second-order valence-electron chi connectivity index (χ2n) is 7.28. The molecule has 0 spiro atoms. The third-order valence-electron chi connectivity index (χ3n) is 6.42. The molecule has 0 radical (unpaired) electrons. The molecule has 3 saturated carbocycles. The first kappa shape index (κ1) is 13.6. The van der Waals surface area contributed by atoms with Crippen LogP contribution < -0.4 is 10.1 Å². The molecule has 1 aromatic rings. The average Bonchev–Trinajstić information content (AvgIpc) is 3.20. The van der Waals surface area contributed by atoms with E-state index in [1.165, 1.54) is 37.7 Å². The molecule has 1 aromatic carbocycles. The molecular weight excluding hydrogens is 258 g/mol. The molecule has 114 valence electrons. The number of hydrogen-bond acceptors (Lipinski definition) is 2. The molecular formula is C19H27NO. The summed E-state index contributed by atoms with van der Waals surface area (Å²) in [6.45, 7) is 1.09. The highest BCUT2D eigenvalue weighted by atomic mass is 16.5. The van der Waals surface area contributed by atoms with Crippen LogP contribution in [0.15, 0.2) is 24.3 Å². The topological polar surface area (TPSA) is 21.3 Å². The molecule has 0 heterocycles. The number of nitrogens with one attached hydrogen (secondary N) is 1. The van der Waals surface area contributed by atoms with E-state index < -0.39 is 0 Å². The lowest BCUT2D eigenvalue weighted by atomic mass is 9.79. The zero-order valence-corrected chi connectivity index (χ0v) is 13.1. The summed E-state index contributed by atoms with van der Waals surface area (Å²) >= 11 is 0. The predicted molar refractivity (Wildman–Crippen MR) is 85.5 cm³/mol. The average molecular weight is 285 g/mol. The maximum Gasteiger partial charge on any atom is 0.122 e. The summed E-state index contributed by atoms with van der Waals surface area (Å²) in [4.78, 5) is 0. The molecule has 1 N–H and O–H groups in total. The standard InChI is InChI=1S/C19H27NO/c1-21-19-8-3-2-5-13(19)9-10-20-18-12-14-11-17(18)16-7-4-6-15(14)16/h2-3,5,8,14-18,20H,4,6-7,9-12H2,1H3. The normalized spacial score (nSPS) is 36.9. The molecule has 0 saturated heterocycles. The lowest BCUT2D eigenvalue weighted by molar-refractivity contribution is 0.209. The van der Waals surface area contributed by atoms with Crippen LogP contribution in [0.1, 0.15) is 37.7 Å². The number of rotatable bonds is 5. The van der Waals surface area contributed by atoms with Crippen molar-refractivity contribution in [3.05, 3.63) is 29.8 Å². The number of benzene rings is 1. The fraction of sp³-hybridized carbons (Fsp3) is 0.684. The van der Waals surface area contributed by atoms with Gasteiger partial charge < -0.3 is 10.1 Å². The van der Waals surface area contributed by atoms with Gasteiger partial charge in [-0.3, -0.25) is 0 Å². The number of methoxy groups -OCH3 is 1. The summed E-state index contributed by atoms with van der Waals surface area (Å²) in [5.74, 6) is 5.23. The van der Waals surface area contributed by atoms with Crippen LogP contribution in [0, 0.1) is 23.7 Å². The number of fused-ring (bicyclic) bond motifs is 5. The van der Waals surface area contributed by atoms with E-state index in [-0.39, 0.29) is 0 Å². The minimum absolute atomic E-state index is 0.795. The Morgan fingerprint density at radius 1 is 1.10 bits per heavy atom. The molecule has 2 nitrogen and oxygen atoms in total. The SMILES string of the molecule is COc1ccccc1CCNC1CC2CC1C1CCCC21. The summed E-state index contributed by atoms with van der Waals surface area (Å²) in [6, 6.07) is 9.21. The monoisotopic (exact) mass is 285 g/mol. The Morgan fingerprint density at radius 3 is 2.86 bits per heavy atom. The van der Waals surface area contributed by atoms with Crippen molar-refractivity contribution in [1.29, 1.82) is 0 Å². The van der Waals surface area contributed by atoms with Gasteiger partial charge in [-0.05, 0) is 74.0 Å². The number of hydrogen-bond donors (Lipinski definition) is 1. The third-order valence-corrected chi connectivity index (χ3v) is 6.42. The van der Waals surface area contributed by atoms with Gasteiger partial charge in [0.15, 0.2) is 0 Å². The van der Waals surface area contributed by atoms with E-state index in [0.717, 1.165) is 48.4 Å². The number of ether oxygens (including phenoxy) is 1. The summed E-state index contributed by atoms with van der Waals surface area (Å²) in [7, 11) is 1.77. The minimum Gasteiger partial charge on any atom is -0.496 e. The van der Waals surface area contributed by atoms with Crippen LogP contribution in [0.3, 0.4) is 0 Å². The van der Waals surface area contributed by atoms with Crippen LogP contribution in [0.5, 0.6) is 5.75 Å². The first-order chi connectivity index (χ1) is 10.4. The largest absolute Gasteiger partial charge is 0.496 e. The zero-order chi connectivity index (χ0) is 14.2. The molecule has 5 unspecified atom stereocenters. The molecule has 5 atom stereocenters. The van der Waals surface area contributed by atoms with Gasteiger partial charge in [-0.2, -0.15) is 0 Å². The maximum atomic E-state index is 5.45. The van der Waals surface area contributed by atoms with Gasteiger partial charge in [-0.1, -0.05) is 24.6 Å². The Labute approximate surface area is 128 Å². The summed E-state index contributed by atoms with van der Waals surface area (Å²) < 4.78 is 5.45. The van der Waals surface area contributed by atoms with Gasteiger partial charge in [0, 0.05) is 6.04 Å². The fourth-order valence-electron chi connectivity index (χ4n) is 5.60. The molecule has 3 fully saturated rings. The molecule has 3 aliphatic rings. The molecule has 3 aliphatic carbocycles. The van der Waals surface area contributed by atoms with Crippen molar-refractivity contribution >= 4 is 0 Å². The van der Waals surface area contributed by atoms with Crippen molar-refractivity contribution in [1.82, 2.24) is 5.32 Å². The third kappa shape index (κ3) is 2.38. The van der Waals surface area contributed by atoms with Crippen molar-refractivity contribution in [3.8, 4) is 5.75 Å². The maximum absolute atomic E-state index is 5.45. The van der Waals surface area contributed by atoms with Crippen molar-refractivity contribution in [2.45, 2.75) is 44.6 Å². The van der Waals surface area contributed by atoms with Crippen molar-refractivity contribution in [2.24, 2.45) is 23.7 Å². The van der Waals surface area contributed by atoms with Crippen LogP contribution >= 0.6 is 0 Å². The Kier molecular flexibility index (Phi) is 3.66. The summed E-state index contributed by atoms with van der Waals surface area (Å²) in [5, 5.41) is 3.87. The Hall–Kier alpha value is -1.02. The molecule has 0 amide bonds. The molecule has 21 heavy (non-hydrogen) atoms. The van der Waals surface area contributed by atoms with Crippen LogP contribution in [0.4, 0.5) is 0 Å². The van der Waals surface area contributed by atoms with Gasteiger partial charge in [-0.25, -0.2) is 0 Å². The van der Waals surface area contributed by atoms with Crippen LogP contribution in [-0.2, 0) is 6.42 Å². The van der Waals surface area contributed by atoms with Gasteiger partial charge in [0.1, 0.15) is 5.75 Å². The fourth-order valence-corrected chi connectivity index (χ4v) is 5.60. The van der Waals surface area contributed by atoms with Gasteiger partial charge in [0.05, 0.1) is 7.11 Å². The van der Waals surface area contributed by atoms with Crippen molar-refractivity contribution in [3.63, 3.8) is 0 Å². The van der Waals surface area contributed by atoms with E-state index in [9.17, 15) is 0 Å². The van der Waals surface area contributed by atoms with Gasteiger partial charge in [0.2, 0.25) is 0 Å². The second kappa shape index (κ2) is 5.64. The highest BCUT2D eigenvalue weighted by Gasteiger charge is 2.53. The summed E-state index contributed by atoms with van der Waals surface area (Å²) in [6.07, 6.45) is 8.57. The van der Waals surface area contributed by atoms with E-state index in [4.69, 9.17) is 4.74 Å². The van der Waals surface area contributed by atoms with E-state index >= 15 is 0 Å². The molecule has 0 aromatic heterocycles. The lowest BCUT2D eigenvalue weighted by Crippen LogP contribution is -2.40.